The molecule has 0 amide bonds. The molecule has 1 aliphatic heterocycles. The standard InChI is InChI=1S/C13H18S/c1-2-4-6-8-10-12-14-13-11-9-7-5-3-1/h1-7,12-13H2. The van der Waals surface area contributed by atoms with Gasteiger partial charge in [-0.15, -0.1) is 23.6 Å². The first kappa shape index (κ1) is 11.5. The molecule has 0 aromatic rings. The minimum atomic E-state index is 0.953. The van der Waals surface area contributed by atoms with Gasteiger partial charge in [0.2, 0.25) is 0 Å². The maximum Gasteiger partial charge on any atom is 0.0557 e. The van der Waals surface area contributed by atoms with E-state index in [4.69, 9.17) is 0 Å². The van der Waals surface area contributed by atoms with Crippen molar-refractivity contribution in [2.24, 2.45) is 0 Å². The van der Waals surface area contributed by atoms with Crippen LogP contribution in [0.5, 0.6) is 0 Å². The first-order valence-electron chi connectivity index (χ1n) is 5.49. The van der Waals surface area contributed by atoms with E-state index in [1.165, 1.54) is 32.1 Å². The van der Waals surface area contributed by atoms with Gasteiger partial charge in [0.1, 0.15) is 0 Å². The molecule has 0 aromatic heterocycles. The fourth-order valence-electron chi connectivity index (χ4n) is 1.39. The van der Waals surface area contributed by atoms with Crippen molar-refractivity contribution in [3.8, 4) is 23.7 Å². The summed E-state index contributed by atoms with van der Waals surface area (Å²) in [5.74, 6) is 14.7. The third-order valence-electron chi connectivity index (χ3n) is 2.20. The summed E-state index contributed by atoms with van der Waals surface area (Å²) < 4.78 is 0. The Labute approximate surface area is 92.2 Å². The second-order valence-corrected chi connectivity index (χ2v) is 4.45. The molecule has 0 nitrogen and oxygen atoms in total. The zero-order chi connectivity index (χ0) is 9.90. The zero-order valence-electron chi connectivity index (χ0n) is 8.77. The maximum atomic E-state index is 3.22. The number of hydrogen-bond acceptors (Lipinski definition) is 1. The molecule has 1 rings (SSSR count). The smallest absolute Gasteiger partial charge is 0.0557 e. The Morgan fingerprint density at radius 1 is 0.571 bits per heavy atom. The molecule has 0 saturated heterocycles. The van der Waals surface area contributed by atoms with Gasteiger partial charge in [-0.1, -0.05) is 31.1 Å². The highest BCUT2D eigenvalue weighted by Gasteiger charge is 1.89. The van der Waals surface area contributed by atoms with Crippen LogP contribution >= 0.6 is 11.8 Å². The summed E-state index contributed by atoms with van der Waals surface area (Å²) in [7, 11) is 0. The average molecular weight is 206 g/mol. The van der Waals surface area contributed by atoms with Gasteiger partial charge in [-0.25, -0.2) is 0 Å². The van der Waals surface area contributed by atoms with E-state index in [-0.39, 0.29) is 0 Å². The second-order valence-electron chi connectivity index (χ2n) is 3.47. The summed E-state index contributed by atoms with van der Waals surface area (Å²) in [5.41, 5.74) is 0. The van der Waals surface area contributed by atoms with Gasteiger partial charge in [-0.2, -0.15) is 0 Å². The lowest BCUT2D eigenvalue weighted by Gasteiger charge is -1.97. The largest absolute Gasteiger partial charge is 0.136 e. The lowest BCUT2D eigenvalue weighted by molar-refractivity contribution is 0.628. The Kier molecular flexibility index (Phi) is 7.46. The molecule has 1 aliphatic rings. The van der Waals surface area contributed by atoms with Crippen molar-refractivity contribution in [3.63, 3.8) is 0 Å². The van der Waals surface area contributed by atoms with Gasteiger partial charge < -0.3 is 0 Å². The molecule has 0 unspecified atom stereocenters. The van der Waals surface area contributed by atoms with E-state index in [0.717, 1.165) is 24.3 Å². The van der Waals surface area contributed by atoms with Gasteiger partial charge in [0.05, 0.1) is 11.5 Å². The van der Waals surface area contributed by atoms with Crippen LogP contribution in [0.4, 0.5) is 0 Å². The monoisotopic (exact) mass is 206 g/mol. The summed E-state index contributed by atoms with van der Waals surface area (Å²) in [6.45, 7) is 0. The van der Waals surface area contributed by atoms with E-state index in [0.29, 0.717) is 0 Å². The number of thioether (sulfide) groups is 1. The quantitative estimate of drug-likeness (QED) is 0.547. The van der Waals surface area contributed by atoms with Crippen molar-refractivity contribution in [1.82, 2.24) is 0 Å². The molecule has 0 bridgehead atoms. The summed E-state index contributed by atoms with van der Waals surface area (Å²) in [6.07, 6.45) is 8.79. The van der Waals surface area contributed by atoms with Gasteiger partial charge in [-0.3, -0.25) is 0 Å². The molecule has 0 N–H and O–H groups in total. The van der Waals surface area contributed by atoms with E-state index in [2.05, 4.69) is 23.7 Å². The van der Waals surface area contributed by atoms with Gasteiger partial charge in [0.15, 0.2) is 0 Å². The molecule has 76 valence electrons. The molecule has 0 aromatic carbocycles. The molecular formula is C13H18S. The highest BCUT2D eigenvalue weighted by atomic mass is 32.2. The maximum absolute atomic E-state index is 3.22. The Morgan fingerprint density at radius 3 is 1.64 bits per heavy atom. The van der Waals surface area contributed by atoms with Crippen LogP contribution in [0.3, 0.4) is 0 Å². The molecule has 0 fully saturated rings. The third kappa shape index (κ3) is 6.93. The van der Waals surface area contributed by atoms with Crippen LogP contribution < -0.4 is 0 Å². The highest BCUT2D eigenvalue weighted by molar-refractivity contribution is 7.99. The average Bonchev–Trinajstić information content (AvgIpc) is 2.22. The van der Waals surface area contributed by atoms with Crippen molar-refractivity contribution in [2.75, 3.05) is 11.5 Å². The summed E-state index contributed by atoms with van der Waals surface area (Å²) in [6, 6.07) is 0. The molecule has 0 aliphatic carbocycles. The van der Waals surface area contributed by atoms with Gasteiger partial charge in [0.25, 0.3) is 0 Å². The lowest BCUT2D eigenvalue weighted by atomic mass is 10.1. The summed E-state index contributed by atoms with van der Waals surface area (Å²) in [5, 5.41) is 0. The molecule has 14 heavy (non-hydrogen) atoms. The summed E-state index contributed by atoms with van der Waals surface area (Å²) in [4.78, 5) is 0. The van der Waals surface area contributed by atoms with Gasteiger partial charge in [-0.05, 0) is 12.8 Å². The highest BCUT2D eigenvalue weighted by Crippen LogP contribution is 2.07. The van der Waals surface area contributed by atoms with E-state index in [9.17, 15) is 0 Å². The summed E-state index contributed by atoms with van der Waals surface area (Å²) >= 11 is 1.83. The van der Waals surface area contributed by atoms with Crippen LogP contribution in [-0.4, -0.2) is 11.5 Å². The first-order chi connectivity index (χ1) is 7.00. The van der Waals surface area contributed by atoms with Crippen molar-refractivity contribution in [3.05, 3.63) is 0 Å². The van der Waals surface area contributed by atoms with E-state index >= 15 is 0 Å². The minimum absolute atomic E-state index is 0.953. The zero-order valence-corrected chi connectivity index (χ0v) is 9.59. The number of rotatable bonds is 0. The Morgan fingerprint density at radius 2 is 1.07 bits per heavy atom. The van der Waals surface area contributed by atoms with Crippen LogP contribution in [-0.2, 0) is 0 Å². The molecule has 0 saturated carbocycles. The van der Waals surface area contributed by atoms with Crippen LogP contribution in [0.1, 0.15) is 44.9 Å². The Hall–Kier alpha value is -0.530. The molecule has 0 spiro atoms. The third-order valence-corrected chi connectivity index (χ3v) is 2.90. The fraction of sp³-hybridized carbons (Fsp3) is 0.692. The predicted molar refractivity (Wildman–Crippen MR) is 65.2 cm³/mol. The second kappa shape index (κ2) is 9.04. The molecule has 1 heterocycles. The number of hydrogen-bond donors (Lipinski definition) is 0. The normalized spacial score (nSPS) is 19.4. The van der Waals surface area contributed by atoms with E-state index in [1.807, 2.05) is 11.8 Å². The molecule has 0 radical (unpaired) electrons. The minimum Gasteiger partial charge on any atom is -0.136 e. The predicted octanol–water partition coefficient (Wildman–Crippen LogP) is 3.47. The van der Waals surface area contributed by atoms with Crippen LogP contribution in [0.15, 0.2) is 0 Å². The van der Waals surface area contributed by atoms with E-state index in [1.54, 1.807) is 0 Å². The van der Waals surface area contributed by atoms with Crippen molar-refractivity contribution in [2.45, 2.75) is 44.9 Å². The molecule has 1 heteroatoms. The fourth-order valence-corrected chi connectivity index (χ4v) is 1.90. The topological polar surface area (TPSA) is 0 Å². The Bertz CT molecular complexity index is 220. The first-order valence-corrected chi connectivity index (χ1v) is 6.65. The lowest BCUT2D eigenvalue weighted by Crippen LogP contribution is -1.81. The van der Waals surface area contributed by atoms with Crippen LogP contribution in [0.2, 0.25) is 0 Å². The van der Waals surface area contributed by atoms with Gasteiger partial charge >= 0.3 is 0 Å². The van der Waals surface area contributed by atoms with Crippen molar-refractivity contribution < 1.29 is 0 Å². The molecule has 0 atom stereocenters. The van der Waals surface area contributed by atoms with Crippen molar-refractivity contribution in [1.29, 1.82) is 0 Å². The van der Waals surface area contributed by atoms with Crippen LogP contribution in [0, 0.1) is 23.7 Å². The SMILES string of the molecule is C1#CCSCC#CCCCCCCC1. The van der Waals surface area contributed by atoms with Gasteiger partial charge in [0, 0.05) is 12.8 Å². The van der Waals surface area contributed by atoms with Crippen LogP contribution in [0.25, 0.3) is 0 Å². The van der Waals surface area contributed by atoms with E-state index < -0.39 is 0 Å². The van der Waals surface area contributed by atoms with Crippen molar-refractivity contribution >= 4 is 11.8 Å². The Balaban J connectivity index is 2.22. The molecular weight excluding hydrogens is 188 g/mol.